The van der Waals surface area contributed by atoms with Crippen molar-refractivity contribution < 1.29 is 8.78 Å². The molecule has 1 fully saturated rings. The van der Waals surface area contributed by atoms with Gasteiger partial charge in [-0.2, -0.15) is 0 Å². The zero-order valence-corrected chi connectivity index (χ0v) is 12.8. The fraction of sp³-hybridized carbons (Fsp3) is 0.263. The van der Waals surface area contributed by atoms with E-state index in [1.807, 2.05) is 4.90 Å². The van der Waals surface area contributed by atoms with Crippen LogP contribution in [0.15, 0.2) is 48.5 Å². The topological polar surface area (TPSA) is 6.48 Å². The monoisotopic (exact) mass is 312 g/mol. The van der Waals surface area contributed by atoms with Gasteiger partial charge in [0.2, 0.25) is 0 Å². The molecular weight excluding hydrogens is 294 g/mol. The summed E-state index contributed by atoms with van der Waals surface area (Å²) >= 11 is 0. The minimum Gasteiger partial charge on any atom is -0.330 e. The Balaban J connectivity index is 1.92. The molecule has 0 aliphatic carbocycles. The summed E-state index contributed by atoms with van der Waals surface area (Å²) in [7, 11) is 0. The number of nitrogens with zero attached hydrogens (tertiary/aromatic N) is 2. The third-order valence-corrected chi connectivity index (χ3v) is 4.23. The zero-order chi connectivity index (χ0) is 16.2. The van der Waals surface area contributed by atoms with E-state index in [0.717, 1.165) is 37.3 Å². The molecule has 118 valence electrons. The lowest BCUT2D eigenvalue weighted by Crippen LogP contribution is -2.46. The van der Waals surface area contributed by atoms with Crippen LogP contribution in [0.3, 0.4) is 0 Å². The molecule has 0 N–H and O–H groups in total. The van der Waals surface area contributed by atoms with Gasteiger partial charge in [-0.1, -0.05) is 30.7 Å². The Bertz CT molecular complexity index is 635. The zero-order valence-electron chi connectivity index (χ0n) is 12.8. The van der Waals surface area contributed by atoms with Gasteiger partial charge >= 0.3 is 0 Å². The minimum atomic E-state index is -0.260. The van der Waals surface area contributed by atoms with Crippen LogP contribution < -0.4 is 0 Å². The van der Waals surface area contributed by atoms with Crippen LogP contribution >= 0.6 is 0 Å². The molecule has 0 bridgehead atoms. The predicted octanol–water partition coefficient (Wildman–Crippen LogP) is 3.26. The molecule has 1 heterocycles. The predicted molar refractivity (Wildman–Crippen MR) is 86.6 cm³/mol. The normalized spacial score (nSPS) is 15.7. The average Bonchev–Trinajstić information content (AvgIpc) is 2.59. The van der Waals surface area contributed by atoms with Crippen molar-refractivity contribution in [2.75, 3.05) is 26.2 Å². The van der Waals surface area contributed by atoms with Gasteiger partial charge in [-0.3, -0.25) is 4.90 Å². The van der Waals surface area contributed by atoms with Crippen LogP contribution in [0.5, 0.6) is 0 Å². The molecule has 4 heteroatoms. The lowest BCUT2D eigenvalue weighted by molar-refractivity contribution is 0.145. The van der Waals surface area contributed by atoms with Crippen molar-refractivity contribution >= 4 is 0 Å². The Morgan fingerprint density at radius 3 is 1.61 bits per heavy atom. The van der Waals surface area contributed by atoms with Crippen LogP contribution in [-0.4, -0.2) is 36.0 Å². The summed E-state index contributed by atoms with van der Waals surface area (Å²) in [5.41, 5.74) is 1.99. The number of terminal acetylenes is 1. The summed E-state index contributed by atoms with van der Waals surface area (Å²) in [5.74, 6) is -0.521. The van der Waals surface area contributed by atoms with E-state index < -0.39 is 0 Å². The summed E-state index contributed by atoms with van der Waals surface area (Å²) in [4.78, 5) is 4.25. The van der Waals surface area contributed by atoms with Crippen molar-refractivity contribution in [1.82, 2.24) is 9.80 Å². The van der Waals surface area contributed by atoms with E-state index in [0.29, 0.717) is 0 Å². The largest absolute Gasteiger partial charge is 0.330 e. The van der Waals surface area contributed by atoms with Gasteiger partial charge in [-0.05, 0) is 35.4 Å². The highest BCUT2D eigenvalue weighted by Crippen LogP contribution is 2.29. The van der Waals surface area contributed by atoms with E-state index >= 15 is 0 Å². The summed E-state index contributed by atoms with van der Waals surface area (Å²) in [6.45, 7) is 3.19. The number of halogens is 2. The van der Waals surface area contributed by atoms with Crippen molar-refractivity contribution in [2.45, 2.75) is 6.04 Å². The van der Waals surface area contributed by atoms with Gasteiger partial charge in [-0.15, -0.1) is 0 Å². The van der Waals surface area contributed by atoms with Gasteiger partial charge in [0.25, 0.3) is 0 Å². The highest BCUT2D eigenvalue weighted by molar-refractivity contribution is 5.32. The Kier molecular flexibility index (Phi) is 4.59. The molecule has 1 aliphatic heterocycles. The van der Waals surface area contributed by atoms with Gasteiger partial charge in [0.15, 0.2) is 0 Å². The van der Waals surface area contributed by atoms with Crippen molar-refractivity contribution in [2.24, 2.45) is 0 Å². The van der Waals surface area contributed by atoms with Crippen molar-refractivity contribution in [3.8, 4) is 12.5 Å². The SMILES string of the molecule is C#CN1CCN(C(c2ccc(F)cc2)c2ccc(F)cc2)CC1. The Morgan fingerprint density at radius 1 is 0.783 bits per heavy atom. The minimum absolute atomic E-state index is 0.0314. The van der Waals surface area contributed by atoms with Crippen molar-refractivity contribution in [3.63, 3.8) is 0 Å². The fourth-order valence-corrected chi connectivity index (χ4v) is 3.01. The third-order valence-electron chi connectivity index (χ3n) is 4.23. The molecule has 0 spiro atoms. The molecular formula is C19H18F2N2. The maximum atomic E-state index is 13.3. The number of hydrogen-bond acceptors (Lipinski definition) is 2. The average molecular weight is 312 g/mol. The van der Waals surface area contributed by atoms with Crippen molar-refractivity contribution in [3.05, 3.63) is 71.3 Å². The molecule has 2 aromatic carbocycles. The molecule has 0 unspecified atom stereocenters. The van der Waals surface area contributed by atoms with E-state index in [-0.39, 0.29) is 17.7 Å². The Labute approximate surface area is 135 Å². The van der Waals surface area contributed by atoms with Gasteiger partial charge in [0.05, 0.1) is 6.04 Å². The first kappa shape index (κ1) is 15.5. The summed E-state index contributed by atoms with van der Waals surface area (Å²) in [6.07, 6.45) is 5.45. The van der Waals surface area contributed by atoms with Crippen LogP contribution in [0.1, 0.15) is 17.2 Å². The van der Waals surface area contributed by atoms with E-state index in [2.05, 4.69) is 10.9 Å². The van der Waals surface area contributed by atoms with Crippen LogP contribution in [0, 0.1) is 24.1 Å². The number of rotatable bonds is 3. The lowest BCUT2D eigenvalue weighted by Gasteiger charge is -2.38. The molecule has 0 radical (unpaired) electrons. The van der Waals surface area contributed by atoms with E-state index in [1.165, 1.54) is 24.3 Å². The molecule has 3 rings (SSSR count). The van der Waals surface area contributed by atoms with Crippen LogP contribution in [0.4, 0.5) is 8.78 Å². The standard InChI is InChI=1S/C19H18F2N2/c1-2-22-11-13-23(14-12-22)19(15-3-7-17(20)8-4-15)16-5-9-18(21)10-6-16/h1,3-10,19H,11-14H2. The van der Waals surface area contributed by atoms with Crippen molar-refractivity contribution in [1.29, 1.82) is 0 Å². The second kappa shape index (κ2) is 6.80. The maximum Gasteiger partial charge on any atom is 0.123 e. The first-order valence-corrected chi connectivity index (χ1v) is 7.63. The lowest BCUT2D eigenvalue weighted by atomic mass is 9.96. The van der Waals surface area contributed by atoms with Gasteiger partial charge in [-0.25, -0.2) is 8.78 Å². The summed E-state index contributed by atoms with van der Waals surface area (Å²) in [5, 5.41) is 0. The molecule has 0 aromatic heterocycles. The quantitative estimate of drug-likeness (QED) is 0.803. The second-order valence-electron chi connectivity index (χ2n) is 5.66. The smallest absolute Gasteiger partial charge is 0.123 e. The summed E-state index contributed by atoms with van der Waals surface area (Å²) in [6, 6.07) is 15.6. The highest BCUT2D eigenvalue weighted by Gasteiger charge is 2.25. The molecule has 1 saturated heterocycles. The highest BCUT2D eigenvalue weighted by atomic mass is 19.1. The molecule has 23 heavy (non-hydrogen) atoms. The van der Waals surface area contributed by atoms with E-state index in [1.54, 1.807) is 24.3 Å². The molecule has 1 aliphatic rings. The van der Waals surface area contributed by atoms with Gasteiger partial charge in [0.1, 0.15) is 11.6 Å². The van der Waals surface area contributed by atoms with Crippen LogP contribution in [0.25, 0.3) is 0 Å². The van der Waals surface area contributed by atoms with Gasteiger partial charge < -0.3 is 4.90 Å². The number of piperazine rings is 1. The molecule has 0 atom stereocenters. The number of hydrogen-bond donors (Lipinski definition) is 0. The molecule has 2 aromatic rings. The second-order valence-corrected chi connectivity index (χ2v) is 5.66. The van der Waals surface area contributed by atoms with E-state index in [4.69, 9.17) is 6.42 Å². The fourth-order valence-electron chi connectivity index (χ4n) is 3.01. The maximum absolute atomic E-state index is 13.3. The van der Waals surface area contributed by atoms with Gasteiger partial charge in [0, 0.05) is 32.2 Å². The Hall–Kier alpha value is -2.38. The third kappa shape index (κ3) is 3.52. The summed E-state index contributed by atoms with van der Waals surface area (Å²) < 4.78 is 26.5. The molecule has 0 saturated carbocycles. The first-order valence-electron chi connectivity index (χ1n) is 7.63. The molecule has 2 nitrogen and oxygen atoms in total. The molecule has 0 amide bonds. The van der Waals surface area contributed by atoms with Crippen LogP contribution in [-0.2, 0) is 0 Å². The van der Waals surface area contributed by atoms with Crippen LogP contribution in [0.2, 0.25) is 0 Å². The number of benzene rings is 2. The Morgan fingerprint density at radius 2 is 1.22 bits per heavy atom. The first-order chi connectivity index (χ1) is 11.2. The van der Waals surface area contributed by atoms with E-state index in [9.17, 15) is 8.78 Å².